The second-order valence-electron chi connectivity index (χ2n) is 1.18. The first-order valence-electron chi connectivity index (χ1n) is 2.63. The third-order valence-electron chi connectivity index (χ3n) is 0.617. The Balaban J connectivity index is 3.48. The zero-order valence-electron chi connectivity index (χ0n) is 5.88. The van der Waals surface area contributed by atoms with Crippen molar-refractivity contribution in [1.82, 2.24) is 0 Å². The van der Waals surface area contributed by atoms with Crippen molar-refractivity contribution in [2.75, 3.05) is 19.1 Å². The van der Waals surface area contributed by atoms with Gasteiger partial charge in [0, 0.05) is 0 Å². The number of rotatable bonds is 2. The van der Waals surface area contributed by atoms with Gasteiger partial charge >= 0.3 is 0 Å². The van der Waals surface area contributed by atoms with E-state index < -0.39 is 0 Å². The Morgan fingerprint density at radius 1 is 1.44 bits per heavy atom. The van der Waals surface area contributed by atoms with Gasteiger partial charge in [-0.1, -0.05) is 28.7 Å². The molecule has 0 spiro atoms. The molecule has 4 heteroatoms. The van der Waals surface area contributed by atoms with Crippen LogP contribution in [0, 0.1) is 0 Å². The summed E-state index contributed by atoms with van der Waals surface area (Å²) in [5.41, 5.74) is 0. The molecule has 0 aliphatic rings. The topological polar surface area (TPSA) is 21.6 Å². The van der Waals surface area contributed by atoms with Gasteiger partial charge in [0.25, 0.3) is 0 Å². The van der Waals surface area contributed by atoms with E-state index in [-0.39, 0.29) is 0 Å². The van der Waals surface area contributed by atoms with Crippen LogP contribution in [-0.2, 0) is 4.84 Å². The summed E-state index contributed by atoms with van der Waals surface area (Å²) in [5.74, 6) is 0. The van der Waals surface area contributed by atoms with Crippen molar-refractivity contribution in [2.24, 2.45) is 5.16 Å². The highest BCUT2D eigenvalue weighted by atomic mass is 32.2. The molecule has 0 heterocycles. The molecule has 0 aliphatic heterocycles. The molecule has 9 heavy (non-hydrogen) atoms. The fourth-order valence-corrected chi connectivity index (χ4v) is 1.20. The van der Waals surface area contributed by atoms with E-state index in [0.717, 1.165) is 4.38 Å². The Bertz CT molecular complexity index is 89.0. The van der Waals surface area contributed by atoms with E-state index in [4.69, 9.17) is 4.84 Å². The van der Waals surface area contributed by atoms with Gasteiger partial charge < -0.3 is 4.84 Å². The van der Waals surface area contributed by atoms with Crippen LogP contribution in [0.15, 0.2) is 5.16 Å². The Kier molecular flexibility index (Phi) is 6.41. The number of thioether (sulfide) groups is 2. The zero-order chi connectivity index (χ0) is 7.11. The van der Waals surface area contributed by atoms with Crippen LogP contribution < -0.4 is 0 Å². The predicted molar refractivity (Wildman–Crippen MR) is 46.1 cm³/mol. The maximum atomic E-state index is 4.82. The van der Waals surface area contributed by atoms with Gasteiger partial charge in [0.2, 0.25) is 0 Å². The SMILES string of the molecule is CCON=C(SC)SC. The molecular weight excluding hydrogens is 154 g/mol. The van der Waals surface area contributed by atoms with Crippen molar-refractivity contribution < 1.29 is 4.84 Å². The number of hydrogen-bond acceptors (Lipinski definition) is 4. The summed E-state index contributed by atoms with van der Waals surface area (Å²) in [4.78, 5) is 4.82. The molecule has 0 atom stereocenters. The molecule has 0 saturated heterocycles. The van der Waals surface area contributed by atoms with Crippen LogP contribution in [-0.4, -0.2) is 23.5 Å². The Morgan fingerprint density at radius 2 is 2.00 bits per heavy atom. The van der Waals surface area contributed by atoms with Gasteiger partial charge in [0.15, 0.2) is 4.38 Å². The minimum Gasteiger partial charge on any atom is -0.395 e. The lowest BCUT2D eigenvalue weighted by Gasteiger charge is -1.95. The lowest BCUT2D eigenvalue weighted by Crippen LogP contribution is -1.86. The Hall–Kier alpha value is 0.170. The molecule has 0 N–H and O–H groups in total. The minimum atomic E-state index is 0.643. The molecule has 0 amide bonds. The first kappa shape index (κ1) is 9.17. The summed E-state index contributed by atoms with van der Waals surface area (Å²) in [6, 6.07) is 0. The van der Waals surface area contributed by atoms with Crippen molar-refractivity contribution in [3.8, 4) is 0 Å². The third kappa shape index (κ3) is 4.66. The van der Waals surface area contributed by atoms with Crippen LogP contribution in [0.2, 0.25) is 0 Å². The van der Waals surface area contributed by atoms with Crippen LogP contribution in [0.1, 0.15) is 6.92 Å². The molecule has 0 aliphatic carbocycles. The normalized spacial score (nSPS) is 8.78. The van der Waals surface area contributed by atoms with Crippen LogP contribution in [0.25, 0.3) is 0 Å². The van der Waals surface area contributed by atoms with Crippen molar-refractivity contribution in [3.05, 3.63) is 0 Å². The van der Waals surface area contributed by atoms with Crippen LogP contribution in [0.4, 0.5) is 0 Å². The van der Waals surface area contributed by atoms with E-state index in [0.29, 0.717) is 6.61 Å². The molecule has 54 valence electrons. The maximum absolute atomic E-state index is 4.82. The summed E-state index contributed by atoms with van der Waals surface area (Å²) >= 11 is 3.20. The molecule has 2 nitrogen and oxygen atoms in total. The molecule has 0 rings (SSSR count). The van der Waals surface area contributed by atoms with Gasteiger partial charge in [-0.15, -0.1) is 0 Å². The number of oxime groups is 1. The van der Waals surface area contributed by atoms with E-state index in [9.17, 15) is 0 Å². The van der Waals surface area contributed by atoms with E-state index in [1.165, 1.54) is 0 Å². The molecular formula is C5H11NOS2. The number of nitrogens with zero attached hydrogens (tertiary/aromatic N) is 1. The second-order valence-corrected chi connectivity index (χ2v) is 3.03. The minimum absolute atomic E-state index is 0.643. The van der Waals surface area contributed by atoms with Crippen molar-refractivity contribution >= 4 is 27.9 Å². The first-order chi connectivity index (χ1) is 4.35. The number of hydrogen-bond donors (Lipinski definition) is 0. The van der Waals surface area contributed by atoms with Crippen molar-refractivity contribution in [1.29, 1.82) is 0 Å². The molecule has 0 saturated carbocycles. The van der Waals surface area contributed by atoms with Crippen LogP contribution >= 0.6 is 23.5 Å². The van der Waals surface area contributed by atoms with E-state index in [1.54, 1.807) is 23.5 Å². The predicted octanol–water partition coefficient (Wildman–Crippen LogP) is 2.02. The summed E-state index contributed by atoms with van der Waals surface area (Å²) in [6.45, 7) is 2.56. The highest BCUT2D eigenvalue weighted by Gasteiger charge is 1.91. The zero-order valence-corrected chi connectivity index (χ0v) is 7.51. The average Bonchev–Trinajstić information content (AvgIpc) is 1.91. The van der Waals surface area contributed by atoms with Gasteiger partial charge in [0.05, 0.1) is 0 Å². The molecule has 0 aromatic carbocycles. The largest absolute Gasteiger partial charge is 0.395 e. The van der Waals surface area contributed by atoms with Crippen LogP contribution in [0.5, 0.6) is 0 Å². The van der Waals surface area contributed by atoms with Gasteiger partial charge in [-0.05, 0) is 19.4 Å². The fourth-order valence-electron chi connectivity index (χ4n) is 0.275. The molecule has 0 aromatic rings. The lowest BCUT2D eigenvalue weighted by atomic mass is 10.9. The van der Waals surface area contributed by atoms with Crippen molar-refractivity contribution in [3.63, 3.8) is 0 Å². The summed E-state index contributed by atoms with van der Waals surface area (Å²) in [7, 11) is 0. The summed E-state index contributed by atoms with van der Waals surface area (Å²) < 4.78 is 0.969. The second kappa shape index (κ2) is 6.29. The maximum Gasteiger partial charge on any atom is 0.168 e. The van der Waals surface area contributed by atoms with E-state index in [2.05, 4.69) is 5.16 Å². The molecule has 0 radical (unpaired) electrons. The third-order valence-corrected chi connectivity index (χ3v) is 2.46. The molecule has 0 bridgehead atoms. The molecule has 0 fully saturated rings. The highest BCUT2D eigenvalue weighted by Crippen LogP contribution is 2.10. The Morgan fingerprint density at radius 3 is 2.33 bits per heavy atom. The van der Waals surface area contributed by atoms with Gasteiger partial charge in [0.1, 0.15) is 6.61 Å². The van der Waals surface area contributed by atoms with Crippen molar-refractivity contribution in [2.45, 2.75) is 6.92 Å². The summed E-state index contributed by atoms with van der Waals surface area (Å²) in [6.07, 6.45) is 3.96. The first-order valence-corrected chi connectivity index (χ1v) is 5.08. The van der Waals surface area contributed by atoms with Crippen LogP contribution in [0.3, 0.4) is 0 Å². The highest BCUT2D eigenvalue weighted by molar-refractivity contribution is 8.38. The molecule has 0 aromatic heterocycles. The Labute approximate surface area is 64.4 Å². The van der Waals surface area contributed by atoms with E-state index in [1.807, 2.05) is 19.4 Å². The van der Waals surface area contributed by atoms with Gasteiger partial charge in [-0.25, -0.2) is 0 Å². The smallest absolute Gasteiger partial charge is 0.168 e. The average molecular weight is 165 g/mol. The standard InChI is InChI=1S/C5H11NOS2/c1-4-7-6-5(8-2)9-3/h4H2,1-3H3. The fraction of sp³-hybridized carbons (Fsp3) is 0.800. The quantitative estimate of drug-likeness (QED) is 0.355. The summed E-state index contributed by atoms with van der Waals surface area (Å²) in [5, 5.41) is 3.82. The monoisotopic (exact) mass is 165 g/mol. The van der Waals surface area contributed by atoms with Gasteiger partial charge in [-0.2, -0.15) is 0 Å². The lowest BCUT2D eigenvalue weighted by molar-refractivity contribution is 0.161. The van der Waals surface area contributed by atoms with E-state index >= 15 is 0 Å². The van der Waals surface area contributed by atoms with Gasteiger partial charge in [-0.3, -0.25) is 0 Å². The molecule has 0 unspecified atom stereocenters.